The number of halogens is 1. The van der Waals surface area contributed by atoms with Crippen LogP contribution in [0.5, 0.6) is 0 Å². The SMILES string of the molecule is Cn1ncc2c1NC(=O)C[C@H]2c1ccc(-c2ccc(Br)cc2)o1. The molecule has 116 valence electrons. The highest BCUT2D eigenvalue weighted by Gasteiger charge is 2.31. The normalized spacial score (nSPS) is 17.0. The first-order valence-corrected chi connectivity index (χ1v) is 8.08. The minimum Gasteiger partial charge on any atom is -0.460 e. The molecule has 0 unspecified atom stereocenters. The van der Waals surface area contributed by atoms with Crippen molar-refractivity contribution in [3.63, 3.8) is 0 Å². The van der Waals surface area contributed by atoms with Gasteiger partial charge in [-0.1, -0.05) is 28.1 Å². The van der Waals surface area contributed by atoms with E-state index in [1.807, 2.05) is 43.4 Å². The molecule has 0 spiro atoms. The number of carbonyl (C=O) groups excluding carboxylic acids is 1. The Balaban J connectivity index is 1.72. The zero-order valence-corrected chi connectivity index (χ0v) is 14.0. The average molecular weight is 372 g/mol. The summed E-state index contributed by atoms with van der Waals surface area (Å²) in [6.45, 7) is 0. The topological polar surface area (TPSA) is 60.1 Å². The first kappa shape index (κ1) is 14.3. The lowest BCUT2D eigenvalue weighted by molar-refractivity contribution is -0.116. The highest BCUT2D eigenvalue weighted by Crippen LogP contribution is 2.38. The molecular formula is C17H14BrN3O2. The summed E-state index contributed by atoms with van der Waals surface area (Å²) in [7, 11) is 1.82. The van der Waals surface area contributed by atoms with Crippen molar-refractivity contribution in [1.82, 2.24) is 9.78 Å². The third-order valence-electron chi connectivity index (χ3n) is 4.09. The van der Waals surface area contributed by atoms with Gasteiger partial charge in [0.1, 0.15) is 17.3 Å². The summed E-state index contributed by atoms with van der Waals surface area (Å²) in [5.41, 5.74) is 2.00. The van der Waals surface area contributed by atoms with Crippen molar-refractivity contribution in [2.45, 2.75) is 12.3 Å². The lowest BCUT2D eigenvalue weighted by atomic mass is 9.92. The Labute approximate surface area is 141 Å². The van der Waals surface area contributed by atoms with E-state index in [4.69, 9.17) is 4.42 Å². The van der Waals surface area contributed by atoms with Crippen LogP contribution in [0.2, 0.25) is 0 Å². The minimum absolute atomic E-state index is 0.0207. The molecule has 3 aromatic rings. The fraction of sp³-hybridized carbons (Fsp3) is 0.176. The molecule has 5 nitrogen and oxygen atoms in total. The van der Waals surface area contributed by atoms with E-state index in [2.05, 4.69) is 26.3 Å². The van der Waals surface area contributed by atoms with Crippen LogP contribution in [0.4, 0.5) is 5.82 Å². The predicted octanol–water partition coefficient (Wildman–Crippen LogP) is 3.92. The van der Waals surface area contributed by atoms with Gasteiger partial charge in [0.2, 0.25) is 5.91 Å². The molecule has 3 heterocycles. The molecule has 23 heavy (non-hydrogen) atoms. The molecule has 1 N–H and O–H groups in total. The van der Waals surface area contributed by atoms with Gasteiger partial charge in [-0.3, -0.25) is 9.48 Å². The van der Waals surface area contributed by atoms with Crippen molar-refractivity contribution in [2.24, 2.45) is 7.05 Å². The van der Waals surface area contributed by atoms with E-state index in [1.165, 1.54) is 0 Å². The number of carbonyl (C=O) groups is 1. The second-order valence-electron chi connectivity index (χ2n) is 5.59. The van der Waals surface area contributed by atoms with E-state index in [9.17, 15) is 4.79 Å². The van der Waals surface area contributed by atoms with Crippen LogP contribution in [0.3, 0.4) is 0 Å². The molecule has 6 heteroatoms. The number of benzene rings is 1. The van der Waals surface area contributed by atoms with Crippen molar-refractivity contribution in [3.05, 3.63) is 58.4 Å². The number of nitrogens with one attached hydrogen (secondary N) is 1. The monoisotopic (exact) mass is 371 g/mol. The van der Waals surface area contributed by atoms with E-state index in [0.29, 0.717) is 6.42 Å². The Kier molecular flexibility index (Phi) is 3.34. The van der Waals surface area contributed by atoms with Gasteiger partial charge in [-0.15, -0.1) is 0 Å². The van der Waals surface area contributed by atoms with Gasteiger partial charge >= 0.3 is 0 Å². The molecule has 0 saturated heterocycles. The number of aromatic nitrogens is 2. The summed E-state index contributed by atoms with van der Waals surface area (Å²) < 4.78 is 8.73. The van der Waals surface area contributed by atoms with Crippen molar-refractivity contribution < 1.29 is 9.21 Å². The molecule has 1 amide bonds. The summed E-state index contributed by atoms with van der Waals surface area (Å²) in [4.78, 5) is 12.0. The van der Waals surface area contributed by atoms with Gasteiger partial charge < -0.3 is 9.73 Å². The van der Waals surface area contributed by atoms with Crippen molar-refractivity contribution in [1.29, 1.82) is 0 Å². The number of fused-ring (bicyclic) bond motifs is 1. The van der Waals surface area contributed by atoms with E-state index in [-0.39, 0.29) is 11.8 Å². The zero-order valence-electron chi connectivity index (χ0n) is 12.4. The summed E-state index contributed by atoms with van der Waals surface area (Å²) in [6, 6.07) is 11.8. The van der Waals surface area contributed by atoms with E-state index in [1.54, 1.807) is 10.9 Å². The lowest BCUT2D eigenvalue weighted by Crippen LogP contribution is -2.24. The van der Waals surface area contributed by atoms with Gasteiger partial charge in [0, 0.05) is 29.1 Å². The number of hydrogen-bond donors (Lipinski definition) is 1. The van der Waals surface area contributed by atoms with Crippen molar-refractivity contribution >= 4 is 27.7 Å². The summed E-state index contributed by atoms with van der Waals surface area (Å²) in [6.07, 6.45) is 2.16. The molecule has 0 aliphatic carbocycles. The maximum absolute atomic E-state index is 12.0. The fourth-order valence-electron chi connectivity index (χ4n) is 2.90. The van der Waals surface area contributed by atoms with E-state index < -0.39 is 0 Å². The first-order valence-electron chi connectivity index (χ1n) is 7.29. The lowest BCUT2D eigenvalue weighted by Gasteiger charge is -2.21. The van der Waals surface area contributed by atoms with Gasteiger partial charge in [-0.2, -0.15) is 5.10 Å². The van der Waals surface area contributed by atoms with Gasteiger partial charge in [-0.05, 0) is 24.3 Å². The fourth-order valence-corrected chi connectivity index (χ4v) is 3.17. The number of amides is 1. The van der Waals surface area contributed by atoms with Crippen molar-refractivity contribution in [2.75, 3.05) is 5.32 Å². The highest BCUT2D eigenvalue weighted by atomic mass is 79.9. The number of nitrogens with zero attached hydrogens (tertiary/aromatic N) is 2. The van der Waals surface area contributed by atoms with Crippen molar-refractivity contribution in [3.8, 4) is 11.3 Å². The number of aryl methyl sites for hydroxylation is 1. The molecule has 0 radical (unpaired) electrons. The Morgan fingerprint density at radius 3 is 2.83 bits per heavy atom. The van der Waals surface area contributed by atoms with Crippen LogP contribution in [-0.2, 0) is 11.8 Å². The van der Waals surface area contributed by atoms with Crippen LogP contribution in [-0.4, -0.2) is 15.7 Å². The van der Waals surface area contributed by atoms with E-state index >= 15 is 0 Å². The average Bonchev–Trinajstić information content (AvgIpc) is 3.16. The largest absolute Gasteiger partial charge is 0.460 e. The second-order valence-corrected chi connectivity index (χ2v) is 6.50. The van der Waals surface area contributed by atoms with Gasteiger partial charge in [0.05, 0.1) is 12.1 Å². The van der Waals surface area contributed by atoms with Gasteiger partial charge in [-0.25, -0.2) is 0 Å². The van der Waals surface area contributed by atoms with Gasteiger partial charge in [0.25, 0.3) is 0 Å². The van der Waals surface area contributed by atoms with E-state index in [0.717, 1.165) is 32.9 Å². The van der Waals surface area contributed by atoms with Crippen LogP contribution >= 0.6 is 15.9 Å². The Morgan fingerprint density at radius 1 is 1.26 bits per heavy atom. The zero-order chi connectivity index (χ0) is 16.0. The maximum atomic E-state index is 12.0. The summed E-state index contributed by atoms with van der Waals surface area (Å²) >= 11 is 3.43. The highest BCUT2D eigenvalue weighted by molar-refractivity contribution is 9.10. The van der Waals surface area contributed by atoms with Crippen LogP contribution in [0.15, 0.2) is 51.5 Å². The molecule has 4 rings (SSSR count). The van der Waals surface area contributed by atoms with Crippen LogP contribution in [0.1, 0.15) is 23.7 Å². The molecule has 0 fully saturated rings. The van der Waals surface area contributed by atoms with Crippen LogP contribution in [0.25, 0.3) is 11.3 Å². The minimum atomic E-state index is -0.100. The first-order chi connectivity index (χ1) is 11.1. The van der Waals surface area contributed by atoms with Crippen LogP contribution in [0, 0.1) is 0 Å². The molecular weight excluding hydrogens is 358 g/mol. The quantitative estimate of drug-likeness (QED) is 0.742. The molecule has 0 saturated carbocycles. The molecule has 1 aliphatic heterocycles. The Morgan fingerprint density at radius 2 is 2.04 bits per heavy atom. The number of anilines is 1. The standard InChI is InChI=1S/C17H14BrN3O2/c1-21-17-13(9-19-21)12(8-16(22)20-17)15-7-6-14(23-15)10-2-4-11(18)5-3-10/h2-7,9,12H,8H2,1H3,(H,20,22)/t12-/m1/s1. The summed E-state index contributed by atoms with van der Waals surface area (Å²) in [5, 5.41) is 7.11. The third-order valence-corrected chi connectivity index (χ3v) is 4.62. The molecule has 1 aromatic carbocycles. The number of hydrogen-bond acceptors (Lipinski definition) is 3. The maximum Gasteiger partial charge on any atom is 0.226 e. The second kappa shape index (κ2) is 5.38. The Bertz CT molecular complexity index is 880. The number of rotatable bonds is 2. The van der Waals surface area contributed by atoms with Gasteiger partial charge in [0.15, 0.2) is 0 Å². The predicted molar refractivity (Wildman–Crippen MR) is 90.1 cm³/mol. The molecule has 1 aliphatic rings. The molecule has 0 bridgehead atoms. The Hall–Kier alpha value is -2.34. The summed E-state index contributed by atoms with van der Waals surface area (Å²) in [5.74, 6) is 2.20. The molecule has 2 aromatic heterocycles. The van der Waals surface area contributed by atoms with Crippen LogP contribution < -0.4 is 5.32 Å². The smallest absolute Gasteiger partial charge is 0.226 e. The number of furan rings is 1. The third kappa shape index (κ3) is 2.49. The molecule has 1 atom stereocenters.